The summed E-state index contributed by atoms with van der Waals surface area (Å²) in [6.45, 7) is 6.47. The van der Waals surface area contributed by atoms with Gasteiger partial charge < -0.3 is 10.6 Å². The Morgan fingerprint density at radius 2 is 1.93 bits per heavy atom. The molecule has 1 aromatic heterocycles. The van der Waals surface area contributed by atoms with E-state index < -0.39 is 0 Å². The highest BCUT2D eigenvalue weighted by Gasteiger charge is 2.29. The number of hydrogen-bond donors (Lipinski definition) is 2. The average molecular weight is 362 g/mol. The Balaban J connectivity index is 1.54. The molecule has 0 saturated carbocycles. The van der Waals surface area contributed by atoms with Crippen molar-refractivity contribution in [3.05, 3.63) is 59.9 Å². The van der Waals surface area contributed by atoms with Crippen LogP contribution in [-0.4, -0.2) is 15.8 Å². The van der Waals surface area contributed by atoms with Gasteiger partial charge in [-0.25, -0.2) is 4.79 Å². The van der Waals surface area contributed by atoms with Crippen molar-refractivity contribution in [3.8, 4) is 0 Å². The Hall–Kier alpha value is -2.82. The molecule has 5 nitrogen and oxygen atoms in total. The van der Waals surface area contributed by atoms with E-state index in [9.17, 15) is 4.79 Å². The number of nitrogens with one attached hydrogen (secondary N) is 2. The van der Waals surface area contributed by atoms with Gasteiger partial charge in [-0.1, -0.05) is 36.4 Å². The molecule has 3 aromatic rings. The van der Waals surface area contributed by atoms with Crippen LogP contribution in [0.25, 0.3) is 10.8 Å². The topological polar surface area (TPSA) is 59.0 Å². The molecule has 2 N–H and O–H groups in total. The highest BCUT2D eigenvalue weighted by atomic mass is 16.2. The molecule has 1 aliphatic carbocycles. The van der Waals surface area contributed by atoms with E-state index in [1.165, 1.54) is 5.69 Å². The van der Waals surface area contributed by atoms with Crippen molar-refractivity contribution in [3.63, 3.8) is 0 Å². The molecular formula is C22H26N4O. The van der Waals surface area contributed by atoms with Gasteiger partial charge in [-0.15, -0.1) is 0 Å². The predicted octanol–water partition coefficient (Wildman–Crippen LogP) is 4.99. The zero-order valence-corrected chi connectivity index (χ0v) is 16.1. The highest BCUT2D eigenvalue weighted by Crippen LogP contribution is 2.32. The first-order valence-electron chi connectivity index (χ1n) is 9.56. The van der Waals surface area contributed by atoms with Crippen molar-refractivity contribution in [1.29, 1.82) is 0 Å². The number of benzene rings is 2. The molecule has 2 aromatic carbocycles. The van der Waals surface area contributed by atoms with Gasteiger partial charge in [0, 0.05) is 16.6 Å². The van der Waals surface area contributed by atoms with Crippen LogP contribution >= 0.6 is 0 Å². The van der Waals surface area contributed by atoms with Crippen LogP contribution in [0.3, 0.4) is 0 Å². The lowest BCUT2D eigenvalue weighted by atomic mass is 9.92. The monoisotopic (exact) mass is 362 g/mol. The van der Waals surface area contributed by atoms with E-state index in [0.29, 0.717) is 0 Å². The fourth-order valence-electron chi connectivity index (χ4n) is 3.94. The molecule has 2 amide bonds. The van der Waals surface area contributed by atoms with E-state index in [0.717, 1.165) is 41.3 Å². The maximum atomic E-state index is 12.7. The Morgan fingerprint density at radius 1 is 1.15 bits per heavy atom. The van der Waals surface area contributed by atoms with Gasteiger partial charge in [0.05, 0.1) is 23.5 Å². The molecule has 0 unspecified atom stereocenters. The molecule has 5 heteroatoms. The number of amides is 2. The number of nitrogens with zero attached hydrogens (tertiary/aromatic N) is 2. The standard InChI is InChI=1S/C22H26N4O/c1-22(2,3)26-20-13-7-12-19(17(20)14-23-26)25-21(27)24-18-11-6-9-15-8-4-5-10-16(15)18/h4-6,8-11,14,19H,7,12-13H2,1-3H3,(H2,24,25,27)/t19-/m0/s1. The summed E-state index contributed by atoms with van der Waals surface area (Å²) >= 11 is 0. The first-order chi connectivity index (χ1) is 12.9. The number of urea groups is 1. The van der Waals surface area contributed by atoms with E-state index in [4.69, 9.17) is 0 Å². The van der Waals surface area contributed by atoms with Crippen molar-refractivity contribution >= 4 is 22.5 Å². The number of aromatic nitrogens is 2. The number of fused-ring (bicyclic) bond motifs is 2. The summed E-state index contributed by atoms with van der Waals surface area (Å²) in [6.07, 6.45) is 4.91. The minimum Gasteiger partial charge on any atom is -0.331 e. The van der Waals surface area contributed by atoms with Crippen molar-refractivity contribution in [2.24, 2.45) is 0 Å². The van der Waals surface area contributed by atoms with E-state index in [-0.39, 0.29) is 17.6 Å². The molecule has 0 aliphatic heterocycles. The molecular weight excluding hydrogens is 336 g/mol. The lowest BCUT2D eigenvalue weighted by Gasteiger charge is -2.28. The lowest BCUT2D eigenvalue weighted by molar-refractivity contribution is 0.247. The van der Waals surface area contributed by atoms with Gasteiger partial charge in [-0.05, 0) is 51.5 Å². The van der Waals surface area contributed by atoms with Crippen LogP contribution < -0.4 is 10.6 Å². The third kappa shape index (κ3) is 3.42. The molecule has 0 bridgehead atoms. The van der Waals surface area contributed by atoms with Crippen LogP contribution in [0.4, 0.5) is 10.5 Å². The number of anilines is 1. The second-order valence-corrected chi connectivity index (χ2v) is 8.20. The Kier molecular flexibility index (Phi) is 4.38. The third-order valence-corrected chi connectivity index (χ3v) is 5.16. The largest absolute Gasteiger partial charge is 0.331 e. The van der Waals surface area contributed by atoms with Gasteiger partial charge in [-0.2, -0.15) is 5.10 Å². The number of hydrogen-bond acceptors (Lipinski definition) is 2. The molecule has 140 valence electrons. The van der Waals surface area contributed by atoms with Gasteiger partial charge in [0.2, 0.25) is 0 Å². The molecule has 0 fully saturated rings. The van der Waals surface area contributed by atoms with Crippen molar-refractivity contribution < 1.29 is 4.79 Å². The fraction of sp³-hybridized carbons (Fsp3) is 0.364. The molecule has 0 saturated heterocycles. The smallest absolute Gasteiger partial charge is 0.319 e. The quantitative estimate of drug-likeness (QED) is 0.675. The Morgan fingerprint density at radius 3 is 2.74 bits per heavy atom. The summed E-state index contributed by atoms with van der Waals surface area (Å²) in [5.41, 5.74) is 3.15. The normalized spacial score (nSPS) is 16.8. The minimum atomic E-state index is -0.173. The van der Waals surface area contributed by atoms with Crippen LogP contribution in [0.1, 0.15) is 50.9 Å². The number of carbonyl (C=O) groups excluding carboxylic acids is 1. The molecule has 0 spiro atoms. The van der Waals surface area contributed by atoms with E-state index in [1.54, 1.807) is 0 Å². The molecule has 27 heavy (non-hydrogen) atoms. The summed E-state index contributed by atoms with van der Waals surface area (Å²) in [5, 5.41) is 12.9. The lowest BCUT2D eigenvalue weighted by Crippen LogP contribution is -2.35. The van der Waals surface area contributed by atoms with Gasteiger partial charge in [0.1, 0.15) is 0 Å². The predicted molar refractivity (Wildman–Crippen MR) is 109 cm³/mol. The number of carbonyl (C=O) groups is 1. The van der Waals surface area contributed by atoms with E-state index in [2.05, 4.69) is 41.2 Å². The molecule has 1 aliphatic rings. The van der Waals surface area contributed by atoms with E-state index in [1.807, 2.05) is 48.7 Å². The summed E-state index contributed by atoms with van der Waals surface area (Å²) in [7, 11) is 0. The maximum Gasteiger partial charge on any atom is 0.319 e. The van der Waals surface area contributed by atoms with Gasteiger partial charge >= 0.3 is 6.03 Å². The summed E-state index contributed by atoms with van der Waals surface area (Å²) in [6, 6.07) is 13.8. The van der Waals surface area contributed by atoms with Crippen molar-refractivity contribution in [2.75, 3.05) is 5.32 Å². The van der Waals surface area contributed by atoms with Gasteiger partial charge in [-0.3, -0.25) is 4.68 Å². The first-order valence-corrected chi connectivity index (χ1v) is 9.56. The van der Waals surface area contributed by atoms with Crippen LogP contribution in [-0.2, 0) is 12.0 Å². The third-order valence-electron chi connectivity index (χ3n) is 5.16. The summed E-state index contributed by atoms with van der Waals surface area (Å²) in [4.78, 5) is 12.7. The van der Waals surface area contributed by atoms with E-state index >= 15 is 0 Å². The highest BCUT2D eigenvalue weighted by molar-refractivity contribution is 6.01. The van der Waals surface area contributed by atoms with Crippen LogP contribution in [0.2, 0.25) is 0 Å². The van der Waals surface area contributed by atoms with Crippen molar-refractivity contribution in [1.82, 2.24) is 15.1 Å². The van der Waals surface area contributed by atoms with Crippen LogP contribution in [0, 0.1) is 0 Å². The van der Waals surface area contributed by atoms with Gasteiger partial charge in [0.25, 0.3) is 0 Å². The van der Waals surface area contributed by atoms with Crippen molar-refractivity contribution in [2.45, 2.75) is 51.6 Å². The number of rotatable bonds is 2. The van der Waals surface area contributed by atoms with Crippen LogP contribution in [0.15, 0.2) is 48.7 Å². The van der Waals surface area contributed by atoms with Crippen LogP contribution in [0.5, 0.6) is 0 Å². The Labute approximate surface area is 159 Å². The second-order valence-electron chi connectivity index (χ2n) is 8.20. The summed E-state index contributed by atoms with van der Waals surface area (Å²) < 4.78 is 2.10. The first kappa shape index (κ1) is 17.6. The molecule has 1 heterocycles. The summed E-state index contributed by atoms with van der Waals surface area (Å²) in [5.74, 6) is 0. The SMILES string of the molecule is CC(C)(C)n1ncc2c1CCC[C@@H]2NC(=O)Nc1cccc2ccccc12. The molecule has 4 rings (SSSR count). The van der Waals surface area contributed by atoms with Gasteiger partial charge in [0.15, 0.2) is 0 Å². The average Bonchev–Trinajstić information content (AvgIpc) is 3.07. The second kappa shape index (κ2) is 6.72. The molecule has 1 atom stereocenters. The zero-order chi connectivity index (χ0) is 19.0. The Bertz CT molecular complexity index is 978. The fourth-order valence-corrected chi connectivity index (χ4v) is 3.94. The minimum absolute atomic E-state index is 0.000161. The zero-order valence-electron chi connectivity index (χ0n) is 16.1. The maximum absolute atomic E-state index is 12.7. The molecule has 0 radical (unpaired) electrons.